The van der Waals surface area contributed by atoms with Gasteiger partial charge in [-0.05, 0) is 26.2 Å². The summed E-state index contributed by atoms with van der Waals surface area (Å²) >= 11 is 1.08. The number of nitrogens with two attached hydrogens (primary N) is 2. The van der Waals surface area contributed by atoms with E-state index in [2.05, 4.69) is 16.0 Å². The van der Waals surface area contributed by atoms with Gasteiger partial charge in [0.15, 0.2) is 5.78 Å². The van der Waals surface area contributed by atoms with Crippen LogP contribution in [0.15, 0.2) is 0 Å². The van der Waals surface area contributed by atoms with E-state index in [1.807, 2.05) is 0 Å². The van der Waals surface area contributed by atoms with E-state index in [0.29, 0.717) is 25.9 Å². The molecule has 3 atom stereocenters. The van der Waals surface area contributed by atoms with Gasteiger partial charge in [0, 0.05) is 31.7 Å². The fourth-order valence-corrected chi connectivity index (χ4v) is 3.51. The number of carbonyl (C=O) groups excluding carboxylic acids is 4. The van der Waals surface area contributed by atoms with Gasteiger partial charge in [-0.15, -0.1) is 11.8 Å². The highest BCUT2D eigenvalue weighted by Crippen LogP contribution is 2.08. The molecule has 0 saturated carbocycles. The Morgan fingerprint density at radius 1 is 0.882 bits per heavy atom. The van der Waals surface area contributed by atoms with Gasteiger partial charge in [0.25, 0.3) is 0 Å². The molecule has 34 heavy (non-hydrogen) atoms. The normalized spacial score (nSPS) is 13.3. The van der Waals surface area contributed by atoms with Gasteiger partial charge in [-0.25, -0.2) is 0 Å². The lowest BCUT2D eigenvalue weighted by atomic mass is 10.1. The topological polar surface area (TPSA) is 231 Å². The van der Waals surface area contributed by atoms with E-state index in [9.17, 15) is 28.8 Å². The predicted octanol–water partition coefficient (Wildman–Crippen LogP) is -1.81. The van der Waals surface area contributed by atoms with Crippen LogP contribution in [0.4, 0.5) is 0 Å². The molecule has 0 fully saturated rings. The molecule has 194 valence electrons. The Labute approximate surface area is 202 Å². The van der Waals surface area contributed by atoms with Crippen molar-refractivity contribution >= 4 is 47.2 Å². The van der Waals surface area contributed by atoms with Gasteiger partial charge >= 0.3 is 11.9 Å². The van der Waals surface area contributed by atoms with Crippen LogP contribution in [0.25, 0.3) is 0 Å². The quantitative estimate of drug-likeness (QED) is 0.0967. The number of rotatable bonds is 19. The van der Waals surface area contributed by atoms with Crippen LogP contribution in [0.2, 0.25) is 0 Å². The molecule has 0 heterocycles. The van der Waals surface area contributed by atoms with Crippen molar-refractivity contribution in [2.45, 2.75) is 63.6 Å². The maximum atomic E-state index is 12.3. The largest absolute Gasteiger partial charge is 0.481 e. The van der Waals surface area contributed by atoms with E-state index in [4.69, 9.17) is 21.7 Å². The number of hydrogen-bond donors (Lipinski definition) is 7. The SMILES string of the molecule is CCNC(=O)[C@@H](N)CCCNC(=O)CSC[C@H](NC(=O)CC[C@H](N)C(=O)O)C(=O)CCC(=O)O. The second-order valence-corrected chi connectivity index (χ2v) is 8.50. The Bertz CT molecular complexity index is 721. The number of carboxylic acid groups (broad SMARTS) is 2. The smallest absolute Gasteiger partial charge is 0.320 e. The number of carboxylic acids is 2. The summed E-state index contributed by atoms with van der Waals surface area (Å²) in [6.07, 6.45) is -0.154. The Kier molecular flexibility index (Phi) is 16.3. The molecular weight excluding hydrogens is 470 g/mol. The van der Waals surface area contributed by atoms with Gasteiger partial charge in [-0.2, -0.15) is 0 Å². The van der Waals surface area contributed by atoms with Crippen molar-refractivity contribution in [2.24, 2.45) is 11.5 Å². The molecule has 0 aromatic carbocycles. The molecule has 0 saturated heterocycles. The molecule has 3 amide bonds. The average Bonchev–Trinajstić information content (AvgIpc) is 2.77. The zero-order valence-corrected chi connectivity index (χ0v) is 20.0. The van der Waals surface area contributed by atoms with Gasteiger partial charge in [-0.3, -0.25) is 28.8 Å². The number of aliphatic carboxylic acids is 2. The molecule has 0 unspecified atom stereocenters. The van der Waals surface area contributed by atoms with Gasteiger partial charge in [0.2, 0.25) is 17.7 Å². The summed E-state index contributed by atoms with van der Waals surface area (Å²) < 4.78 is 0. The van der Waals surface area contributed by atoms with Crippen LogP contribution in [0.5, 0.6) is 0 Å². The van der Waals surface area contributed by atoms with Crippen molar-refractivity contribution in [2.75, 3.05) is 24.6 Å². The summed E-state index contributed by atoms with van der Waals surface area (Å²) in [6, 6.07) is -2.90. The van der Waals surface area contributed by atoms with Crippen molar-refractivity contribution < 1.29 is 39.0 Å². The van der Waals surface area contributed by atoms with E-state index >= 15 is 0 Å². The van der Waals surface area contributed by atoms with Gasteiger partial charge < -0.3 is 37.6 Å². The second kappa shape index (κ2) is 17.7. The molecule has 0 bridgehead atoms. The monoisotopic (exact) mass is 505 g/mol. The highest BCUT2D eigenvalue weighted by Gasteiger charge is 2.23. The molecule has 0 radical (unpaired) electrons. The molecule has 9 N–H and O–H groups in total. The van der Waals surface area contributed by atoms with Crippen LogP contribution in [-0.2, 0) is 28.8 Å². The summed E-state index contributed by atoms with van der Waals surface area (Å²) in [5.41, 5.74) is 11.1. The van der Waals surface area contributed by atoms with E-state index < -0.39 is 48.2 Å². The minimum Gasteiger partial charge on any atom is -0.481 e. The summed E-state index contributed by atoms with van der Waals surface area (Å²) in [4.78, 5) is 69.4. The molecule has 0 spiro atoms. The molecule has 0 aliphatic carbocycles. The highest BCUT2D eigenvalue weighted by atomic mass is 32.2. The van der Waals surface area contributed by atoms with Crippen LogP contribution in [-0.4, -0.2) is 88.4 Å². The molecule has 13 nitrogen and oxygen atoms in total. The standard InChI is InChI=1S/C20H35N5O8S/c1-2-23-19(31)12(21)4-3-9-24-17(28)11-34-10-14(15(26)6-8-18(29)30)25-16(27)7-5-13(22)20(32)33/h12-14H,2-11,21-22H2,1H3,(H,23,31)(H,24,28)(H,25,27)(H,29,30)(H,32,33)/t12-,13-,14-/m0/s1. The molecule has 14 heteroatoms. The van der Waals surface area contributed by atoms with E-state index in [0.717, 1.165) is 11.8 Å². The number of nitrogens with one attached hydrogen (secondary N) is 3. The van der Waals surface area contributed by atoms with Crippen molar-refractivity contribution in [3.8, 4) is 0 Å². The molecule has 0 aromatic rings. The number of Topliss-reactive ketones (excluding diaryl/α,β-unsaturated/α-hetero) is 1. The van der Waals surface area contributed by atoms with Crippen LogP contribution in [0.3, 0.4) is 0 Å². The number of amides is 3. The van der Waals surface area contributed by atoms with Crippen LogP contribution >= 0.6 is 11.8 Å². The third-order valence-corrected chi connectivity index (χ3v) is 5.56. The Morgan fingerprint density at radius 3 is 2.15 bits per heavy atom. The first-order valence-corrected chi connectivity index (χ1v) is 12.0. The number of thioether (sulfide) groups is 1. The van der Waals surface area contributed by atoms with Crippen molar-refractivity contribution in [1.82, 2.24) is 16.0 Å². The summed E-state index contributed by atoms with van der Waals surface area (Å²) in [6.45, 7) is 2.58. The van der Waals surface area contributed by atoms with Gasteiger partial charge in [-0.1, -0.05) is 0 Å². The zero-order valence-electron chi connectivity index (χ0n) is 19.2. The number of ketones is 1. The van der Waals surface area contributed by atoms with Crippen molar-refractivity contribution in [3.05, 3.63) is 0 Å². The Balaban J connectivity index is 4.51. The first-order chi connectivity index (χ1) is 16.0. The van der Waals surface area contributed by atoms with Gasteiger partial charge in [0.1, 0.15) is 6.04 Å². The lowest BCUT2D eigenvalue weighted by Gasteiger charge is -2.18. The zero-order chi connectivity index (χ0) is 26.1. The maximum absolute atomic E-state index is 12.3. The minimum atomic E-state index is -1.25. The number of likely N-dealkylation sites (N-methyl/N-ethyl adjacent to an activating group) is 1. The van der Waals surface area contributed by atoms with Crippen molar-refractivity contribution in [1.29, 1.82) is 0 Å². The van der Waals surface area contributed by atoms with Crippen LogP contribution in [0, 0.1) is 0 Å². The Hall–Kier alpha value is -2.71. The molecular formula is C20H35N5O8S. The third-order valence-electron chi connectivity index (χ3n) is 4.53. The second-order valence-electron chi connectivity index (χ2n) is 7.47. The fraction of sp³-hybridized carbons (Fsp3) is 0.700. The first-order valence-electron chi connectivity index (χ1n) is 10.9. The van der Waals surface area contributed by atoms with Crippen LogP contribution < -0.4 is 27.4 Å². The first kappa shape index (κ1) is 31.3. The van der Waals surface area contributed by atoms with Crippen LogP contribution in [0.1, 0.15) is 45.4 Å². The summed E-state index contributed by atoms with van der Waals surface area (Å²) in [5, 5.41) is 25.3. The lowest BCUT2D eigenvalue weighted by Crippen LogP contribution is -2.44. The Morgan fingerprint density at radius 2 is 1.56 bits per heavy atom. The third kappa shape index (κ3) is 15.2. The van der Waals surface area contributed by atoms with E-state index in [-0.39, 0.29) is 42.6 Å². The molecule has 0 aliphatic heterocycles. The summed E-state index contributed by atoms with van der Waals surface area (Å²) in [7, 11) is 0. The van der Waals surface area contributed by atoms with Crippen molar-refractivity contribution in [3.63, 3.8) is 0 Å². The minimum absolute atomic E-state index is 0.00908. The predicted molar refractivity (Wildman–Crippen MR) is 125 cm³/mol. The lowest BCUT2D eigenvalue weighted by molar-refractivity contribution is -0.139. The number of carbonyl (C=O) groups is 6. The van der Waals surface area contributed by atoms with Gasteiger partial charge in [0.05, 0.1) is 24.3 Å². The average molecular weight is 506 g/mol. The molecule has 0 aliphatic rings. The maximum Gasteiger partial charge on any atom is 0.320 e. The molecule has 0 aromatic heterocycles. The van der Waals surface area contributed by atoms with E-state index in [1.165, 1.54) is 0 Å². The highest BCUT2D eigenvalue weighted by molar-refractivity contribution is 8.00. The fourth-order valence-electron chi connectivity index (χ4n) is 2.60. The molecule has 0 rings (SSSR count). The summed E-state index contributed by atoms with van der Waals surface area (Å²) in [5.74, 6) is -4.07. The number of hydrogen-bond acceptors (Lipinski definition) is 9. The van der Waals surface area contributed by atoms with E-state index in [1.54, 1.807) is 6.92 Å².